The maximum absolute atomic E-state index is 12.2. The van der Waals surface area contributed by atoms with E-state index in [-0.39, 0.29) is 5.91 Å². The zero-order valence-electron chi connectivity index (χ0n) is 10.4. The van der Waals surface area contributed by atoms with E-state index in [1.165, 1.54) is 0 Å². The molecular weight excluding hydrogens is 330 g/mol. The number of aromatic nitrogens is 2. The van der Waals surface area contributed by atoms with Gasteiger partial charge in [0.2, 0.25) is 0 Å². The summed E-state index contributed by atoms with van der Waals surface area (Å²) in [4.78, 5) is 16.3. The van der Waals surface area contributed by atoms with Gasteiger partial charge in [-0.15, -0.1) is 0 Å². The Hall–Kier alpha value is -1.33. The van der Waals surface area contributed by atoms with Crippen molar-refractivity contribution in [2.75, 3.05) is 5.32 Å². The molecule has 0 fully saturated rings. The fraction of sp³-hybridized carbons (Fsp3) is 0.231. The summed E-state index contributed by atoms with van der Waals surface area (Å²) in [6, 6.07) is 5.18. The number of halogens is 2. The fourth-order valence-electron chi connectivity index (χ4n) is 1.74. The smallest absolute Gasteiger partial charge is 0.273 e. The summed E-state index contributed by atoms with van der Waals surface area (Å²) in [7, 11) is 0. The fourth-order valence-corrected chi connectivity index (χ4v) is 2.37. The number of nitrogens with zero attached hydrogens (tertiary/aromatic N) is 2. The minimum atomic E-state index is -0.222. The van der Waals surface area contributed by atoms with Crippen molar-refractivity contribution in [1.82, 2.24) is 9.55 Å². The highest BCUT2D eigenvalue weighted by molar-refractivity contribution is 9.10. The maximum atomic E-state index is 12.2. The first-order valence-corrected chi connectivity index (χ1v) is 7.06. The highest BCUT2D eigenvalue weighted by Crippen LogP contribution is 2.20. The zero-order chi connectivity index (χ0) is 13.8. The van der Waals surface area contributed by atoms with Gasteiger partial charge in [0.25, 0.3) is 5.91 Å². The topological polar surface area (TPSA) is 46.9 Å². The Morgan fingerprint density at radius 2 is 2.37 bits per heavy atom. The molecule has 0 radical (unpaired) electrons. The van der Waals surface area contributed by atoms with E-state index in [2.05, 4.69) is 33.2 Å². The van der Waals surface area contributed by atoms with Gasteiger partial charge in [0.1, 0.15) is 5.69 Å². The van der Waals surface area contributed by atoms with Gasteiger partial charge >= 0.3 is 0 Å². The van der Waals surface area contributed by atoms with Gasteiger partial charge in [0.05, 0.1) is 5.02 Å². The standard InChI is InChI=1S/C13H13BrClN3O/c1-2-6-18-8-9(14)7-11(18)13(19)17-12-10(15)4-3-5-16-12/h3-5,7-8H,2,6H2,1H3,(H,16,17,19). The van der Waals surface area contributed by atoms with Crippen LogP contribution < -0.4 is 5.32 Å². The predicted octanol–water partition coefficient (Wildman–Crippen LogP) is 3.96. The molecule has 0 saturated heterocycles. The number of nitrogens with one attached hydrogen (secondary N) is 1. The Balaban J connectivity index is 2.23. The molecule has 2 heterocycles. The van der Waals surface area contributed by atoms with Crippen LogP contribution in [0, 0.1) is 0 Å². The van der Waals surface area contributed by atoms with Crippen LogP contribution in [0.15, 0.2) is 35.1 Å². The van der Waals surface area contributed by atoms with Crippen molar-refractivity contribution in [2.45, 2.75) is 19.9 Å². The van der Waals surface area contributed by atoms with Crippen LogP contribution in [0.25, 0.3) is 0 Å². The minimum Gasteiger partial charge on any atom is -0.342 e. The molecule has 0 saturated carbocycles. The van der Waals surface area contributed by atoms with Crippen LogP contribution in [0.3, 0.4) is 0 Å². The highest BCUT2D eigenvalue weighted by Gasteiger charge is 2.14. The number of carbonyl (C=O) groups excluding carboxylic acids is 1. The molecule has 1 amide bonds. The minimum absolute atomic E-state index is 0.222. The Labute approximate surface area is 124 Å². The van der Waals surface area contributed by atoms with Crippen molar-refractivity contribution >= 4 is 39.3 Å². The summed E-state index contributed by atoms with van der Waals surface area (Å²) in [6.07, 6.45) is 4.42. The molecule has 2 rings (SSSR count). The summed E-state index contributed by atoms with van der Waals surface area (Å²) in [5, 5.41) is 3.13. The molecule has 100 valence electrons. The van der Waals surface area contributed by atoms with Crippen LogP contribution in [-0.4, -0.2) is 15.5 Å². The van der Waals surface area contributed by atoms with E-state index in [1.54, 1.807) is 24.4 Å². The molecule has 0 bridgehead atoms. The molecular formula is C13H13BrClN3O. The Bertz CT molecular complexity index is 597. The molecule has 6 heteroatoms. The second-order valence-corrected chi connectivity index (χ2v) is 5.35. The van der Waals surface area contributed by atoms with E-state index in [0.29, 0.717) is 16.5 Å². The Morgan fingerprint density at radius 3 is 3.05 bits per heavy atom. The lowest BCUT2D eigenvalue weighted by Crippen LogP contribution is -2.17. The third-order valence-corrected chi connectivity index (χ3v) is 3.29. The largest absolute Gasteiger partial charge is 0.342 e. The van der Waals surface area contributed by atoms with E-state index in [9.17, 15) is 4.79 Å². The van der Waals surface area contributed by atoms with Gasteiger partial charge in [-0.1, -0.05) is 18.5 Å². The number of anilines is 1. The first-order valence-electron chi connectivity index (χ1n) is 5.89. The summed E-state index contributed by atoms with van der Waals surface area (Å²) < 4.78 is 2.77. The van der Waals surface area contributed by atoms with E-state index in [1.807, 2.05) is 10.8 Å². The van der Waals surface area contributed by atoms with Crippen molar-refractivity contribution in [1.29, 1.82) is 0 Å². The lowest BCUT2D eigenvalue weighted by atomic mass is 10.3. The van der Waals surface area contributed by atoms with Crippen molar-refractivity contribution in [3.8, 4) is 0 Å². The van der Waals surface area contributed by atoms with Gasteiger partial charge < -0.3 is 9.88 Å². The molecule has 19 heavy (non-hydrogen) atoms. The van der Waals surface area contributed by atoms with Crippen LogP contribution in [-0.2, 0) is 6.54 Å². The lowest BCUT2D eigenvalue weighted by Gasteiger charge is -2.08. The monoisotopic (exact) mass is 341 g/mol. The molecule has 1 N–H and O–H groups in total. The van der Waals surface area contributed by atoms with Gasteiger partial charge in [0, 0.05) is 23.4 Å². The van der Waals surface area contributed by atoms with Gasteiger partial charge in [-0.3, -0.25) is 4.79 Å². The Kier molecular flexibility index (Phi) is 4.61. The predicted molar refractivity (Wildman–Crippen MR) is 79.6 cm³/mol. The lowest BCUT2D eigenvalue weighted by molar-refractivity contribution is 0.101. The van der Waals surface area contributed by atoms with Crippen LogP contribution in [0.2, 0.25) is 5.02 Å². The van der Waals surface area contributed by atoms with Gasteiger partial charge in [0.15, 0.2) is 5.82 Å². The summed E-state index contributed by atoms with van der Waals surface area (Å²) >= 11 is 9.35. The van der Waals surface area contributed by atoms with E-state index < -0.39 is 0 Å². The molecule has 4 nitrogen and oxygen atoms in total. The molecule has 0 unspecified atom stereocenters. The number of pyridine rings is 1. The quantitative estimate of drug-likeness (QED) is 0.914. The third kappa shape index (κ3) is 3.36. The molecule has 0 aliphatic carbocycles. The third-order valence-electron chi connectivity index (χ3n) is 2.55. The van der Waals surface area contributed by atoms with Gasteiger partial charge in [-0.25, -0.2) is 4.98 Å². The number of amides is 1. The van der Waals surface area contributed by atoms with Gasteiger partial charge in [-0.05, 0) is 40.5 Å². The second kappa shape index (κ2) is 6.21. The van der Waals surface area contributed by atoms with Crippen molar-refractivity contribution < 1.29 is 4.79 Å². The number of hydrogen-bond donors (Lipinski definition) is 1. The first kappa shape index (κ1) is 14.1. The first-order chi connectivity index (χ1) is 9.11. The number of hydrogen-bond acceptors (Lipinski definition) is 2. The normalized spacial score (nSPS) is 10.5. The van der Waals surface area contributed by atoms with Crippen molar-refractivity contribution in [2.24, 2.45) is 0 Å². The molecule has 0 aliphatic rings. The SMILES string of the molecule is CCCn1cc(Br)cc1C(=O)Nc1ncccc1Cl. The second-order valence-electron chi connectivity index (χ2n) is 4.02. The molecule has 2 aromatic rings. The average Bonchev–Trinajstić information content (AvgIpc) is 2.74. The number of rotatable bonds is 4. The molecule has 2 aromatic heterocycles. The summed E-state index contributed by atoms with van der Waals surface area (Å²) in [5.74, 6) is 0.147. The highest BCUT2D eigenvalue weighted by atomic mass is 79.9. The van der Waals surface area contributed by atoms with E-state index in [4.69, 9.17) is 11.6 Å². The molecule has 0 aliphatic heterocycles. The molecule has 0 atom stereocenters. The van der Waals surface area contributed by atoms with Crippen LogP contribution in [0.1, 0.15) is 23.8 Å². The van der Waals surface area contributed by atoms with Crippen LogP contribution >= 0.6 is 27.5 Å². The van der Waals surface area contributed by atoms with Crippen LogP contribution in [0.4, 0.5) is 5.82 Å². The maximum Gasteiger partial charge on any atom is 0.273 e. The average molecular weight is 343 g/mol. The van der Waals surface area contributed by atoms with E-state index in [0.717, 1.165) is 17.4 Å². The van der Waals surface area contributed by atoms with Crippen molar-refractivity contribution in [3.63, 3.8) is 0 Å². The Morgan fingerprint density at radius 1 is 1.58 bits per heavy atom. The molecule has 0 spiro atoms. The van der Waals surface area contributed by atoms with E-state index >= 15 is 0 Å². The van der Waals surface area contributed by atoms with Crippen LogP contribution in [0.5, 0.6) is 0 Å². The van der Waals surface area contributed by atoms with Crippen molar-refractivity contribution in [3.05, 3.63) is 45.8 Å². The number of aryl methyl sites for hydroxylation is 1. The molecule has 0 aromatic carbocycles. The summed E-state index contributed by atoms with van der Waals surface area (Å²) in [6.45, 7) is 2.84. The summed E-state index contributed by atoms with van der Waals surface area (Å²) in [5.41, 5.74) is 0.579. The zero-order valence-corrected chi connectivity index (χ0v) is 12.7. The van der Waals surface area contributed by atoms with Gasteiger partial charge in [-0.2, -0.15) is 0 Å². The number of carbonyl (C=O) groups is 1.